The van der Waals surface area contributed by atoms with E-state index in [2.05, 4.69) is 21.3 Å². The zero-order chi connectivity index (χ0) is 21.1. The average molecular weight is 400 g/mol. The summed E-state index contributed by atoms with van der Waals surface area (Å²) in [5.74, 6) is -0.546. The number of aromatic nitrogens is 1. The fraction of sp³-hybridized carbons (Fsp3) is 0.476. The quantitative estimate of drug-likeness (QED) is 0.522. The largest absolute Gasteiger partial charge is 0.461 e. The van der Waals surface area contributed by atoms with Crippen molar-refractivity contribution in [1.82, 2.24) is 20.1 Å². The van der Waals surface area contributed by atoms with Gasteiger partial charge in [0.1, 0.15) is 11.7 Å². The molecule has 1 aliphatic heterocycles. The van der Waals surface area contributed by atoms with Crippen molar-refractivity contribution >= 4 is 28.8 Å². The van der Waals surface area contributed by atoms with Gasteiger partial charge in [0.15, 0.2) is 0 Å². The van der Waals surface area contributed by atoms with Crippen LogP contribution in [0.15, 0.2) is 18.2 Å². The molecule has 0 aliphatic carbocycles. The standard InChI is InChI=1S/C21H28N4O4/c1-5-29-20(27)18-14(10-11-24(2)3)15-12-13(6-8-16(15)22-18)7-9-17-19(26)25(4)21(28)23-17/h6,8,12,17,22H,5,7,9-11H2,1-4H3,(H,23,28). The summed E-state index contributed by atoms with van der Waals surface area (Å²) in [5.41, 5.74) is 3.38. The van der Waals surface area contributed by atoms with Crippen LogP contribution in [-0.2, 0) is 22.4 Å². The first-order chi connectivity index (χ1) is 13.8. The number of hydrogen-bond acceptors (Lipinski definition) is 5. The lowest BCUT2D eigenvalue weighted by molar-refractivity contribution is -0.126. The second kappa shape index (κ2) is 8.65. The van der Waals surface area contributed by atoms with Crippen LogP contribution in [-0.4, -0.2) is 73.0 Å². The molecule has 1 unspecified atom stereocenters. The molecule has 0 bridgehead atoms. The predicted molar refractivity (Wildman–Crippen MR) is 110 cm³/mol. The van der Waals surface area contributed by atoms with Crippen molar-refractivity contribution in [1.29, 1.82) is 0 Å². The number of ether oxygens (including phenoxy) is 1. The Labute approximate surface area is 170 Å². The fourth-order valence-electron chi connectivity index (χ4n) is 3.57. The SMILES string of the molecule is CCOC(=O)c1[nH]c2ccc(CCC3NC(=O)N(C)C3=O)cc2c1CCN(C)C. The molecule has 1 aliphatic rings. The smallest absolute Gasteiger partial charge is 0.355 e. The first-order valence-corrected chi connectivity index (χ1v) is 9.85. The van der Waals surface area contributed by atoms with Crippen molar-refractivity contribution < 1.29 is 19.1 Å². The van der Waals surface area contributed by atoms with Gasteiger partial charge in [-0.05, 0) is 63.5 Å². The molecule has 1 fully saturated rings. The molecule has 8 heteroatoms. The first-order valence-electron chi connectivity index (χ1n) is 9.85. The molecule has 29 heavy (non-hydrogen) atoms. The number of carbonyl (C=O) groups is 3. The Kier molecular flexibility index (Phi) is 6.22. The Bertz CT molecular complexity index is 934. The molecule has 2 N–H and O–H groups in total. The molecular formula is C21H28N4O4. The number of aryl methyl sites for hydroxylation is 1. The van der Waals surface area contributed by atoms with Gasteiger partial charge in [-0.25, -0.2) is 9.59 Å². The van der Waals surface area contributed by atoms with E-state index in [1.165, 1.54) is 7.05 Å². The van der Waals surface area contributed by atoms with Gasteiger partial charge in [0.25, 0.3) is 5.91 Å². The maximum Gasteiger partial charge on any atom is 0.355 e. The van der Waals surface area contributed by atoms with E-state index >= 15 is 0 Å². The summed E-state index contributed by atoms with van der Waals surface area (Å²) in [6.45, 7) is 2.92. The number of rotatable bonds is 8. The lowest BCUT2D eigenvalue weighted by Gasteiger charge is -2.11. The minimum atomic E-state index is -0.488. The number of likely N-dealkylation sites (N-methyl/N-ethyl adjacent to an activating group) is 2. The number of H-pyrrole nitrogens is 1. The predicted octanol–water partition coefficient (Wildman–Crippen LogP) is 1.93. The molecule has 1 aromatic heterocycles. The number of hydrogen-bond donors (Lipinski definition) is 2. The van der Waals surface area contributed by atoms with Crippen molar-refractivity contribution in [3.63, 3.8) is 0 Å². The van der Waals surface area contributed by atoms with Crippen LogP contribution >= 0.6 is 0 Å². The zero-order valence-electron chi connectivity index (χ0n) is 17.4. The highest BCUT2D eigenvalue weighted by atomic mass is 16.5. The van der Waals surface area contributed by atoms with Crippen molar-refractivity contribution in [2.45, 2.75) is 32.2 Å². The molecule has 0 radical (unpaired) electrons. The third-order valence-electron chi connectivity index (χ3n) is 5.21. The van der Waals surface area contributed by atoms with E-state index in [4.69, 9.17) is 4.74 Å². The molecule has 2 heterocycles. The first kappa shape index (κ1) is 20.9. The van der Waals surface area contributed by atoms with Crippen molar-refractivity contribution in [2.75, 3.05) is 34.3 Å². The van der Waals surface area contributed by atoms with Gasteiger partial charge in [-0.15, -0.1) is 0 Å². The van der Waals surface area contributed by atoms with Crippen LogP contribution in [0.3, 0.4) is 0 Å². The number of nitrogens with one attached hydrogen (secondary N) is 2. The number of nitrogens with zero attached hydrogens (tertiary/aromatic N) is 2. The summed E-state index contributed by atoms with van der Waals surface area (Å²) in [7, 11) is 5.47. The second-order valence-electron chi connectivity index (χ2n) is 7.57. The summed E-state index contributed by atoms with van der Waals surface area (Å²) in [6, 6.07) is 5.15. The van der Waals surface area contributed by atoms with Gasteiger partial charge in [0.05, 0.1) is 6.61 Å². The maximum atomic E-state index is 12.4. The van der Waals surface area contributed by atoms with Crippen LogP contribution in [0.2, 0.25) is 0 Å². The second-order valence-corrected chi connectivity index (χ2v) is 7.57. The van der Waals surface area contributed by atoms with E-state index in [0.29, 0.717) is 31.6 Å². The van der Waals surface area contributed by atoms with E-state index in [9.17, 15) is 14.4 Å². The Morgan fingerprint density at radius 2 is 2.00 bits per heavy atom. The lowest BCUT2D eigenvalue weighted by atomic mass is 10.0. The zero-order valence-corrected chi connectivity index (χ0v) is 17.4. The van der Waals surface area contributed by atoms with E-state index < -0.39 is 6.04 Å². The number of esters is 1. The number of amides is 3. The van der Waals surface area contributed by atoms with Gasteiger partial charge in [-0.3, -0.25) is 9.69 Å². The van der Waals surface area contributed by atoms with Crippen LogP contribution < -0.4 is 5.32 Å². The Balaban J connectivity index is 1.85. The normalized spacial score (nSPS) is 16.7. The number of aromatic amines is 1. The molecular weight excluding hydrogens is 372 g/mol. The van der Waals surface area contributed by atoms with Crippen molar-refractivity contribution in [3.05, 3.63) is 35.0 Å². The Morgan fingerprint density at radius 3 is 2.62 bits per heavy atom. The molecule has 8 nitrogen and oxygen atoms in total. The molecule has 2 aromatic rings. The Hall–Kier alpha value is -2.87. The summed E-state index contributed by atoms with van der Waals surface area (Å²) < 4.78 is 5.22. The average Bonchev–Trinajstić information content (AvgIpc) is 3.17. The van der Waals surface area contributed by atoms with Crippen molar-refractivity contribution in [2.24, 2.45) is 0 Å². The van der Waals surface area contributed by atoms with E-state index in [-0.39, 0.29) is 17.9 Å². The molecule has 0 spiro atoms. The molecule has 1 saturated heterocycles. The van der Waals surface area contributed by atoms with E-state index in [0.717, 1.165) is 33.5 Å². The molecule has 0 saturated carbocycles. The molecule has 156 valence electrons. The fourth-order valence-corrected chi connectivity index (χ4v) is 3.57. The van der Waals surface area contributed by atoms with Crippen LogP contribution in [0, 0.1) is 0 Å². The third-order valence-corrected chi connectivity index (χ3v) is 5.21. The van der Waals surface area contributed by atoms with Crippen LogP contribution in [0.5, 0.6) is 0 Å². The van der Waals surface area contributed by atoms with Gasteiger partial charge in [0.2, 0.25) is 0 Å². The lowest BCUT2D eigenvalue weighted by Crippen LogP contribution is -2.29. The van der Waals surface area contributed by atoms with Crippen LogP contribution in [0.25, 0.3) is 10.9 Å². The number of benzene rings is 1. The minimum absolute atomic E-state index is 0.200. The van der Waals surface area contributed by atoms with Crippen molar-refractivity contribution in [3.8, 4) is 0 Å². The molecule has 1 aromatic carbocycles. The van der Waals surface area contributed by atoms with Gasteiger partial charge < -0.3 is 19.9 Å². The summed E-state index contributed by atoms with van der Waals surface area (Å²) in [4.78, 5) is 42.5. The van der Waals surface area contributed by atoms with Crippen LogP contribution in [0.1, 0.15) is 35.0 Å². The molecule has 1 atom stereocenters. The highest BCUT2D eigenvalue weighted by Gasteiger charge is 2.34. The van der Waals surface area contributed by atoms with E-state index in [1.807, 2.05) is 26.2 Å². The van der Waals surface area contributed by atoms with Gasteiger partial charge in [-0.1, -0.05) is 6.07 Å². The topological polar surface area (TPSA) is 94.7 Å². The molecule has 3 rings (SSSR count). The van der Waals surface area contributed by atoms with Gasteiger partial charge >= 0.3 is 12.0 Å². The number of imide groups is 1. The monoisotopic (exact) mass is 400 g/mol. The van der Waals surface area contributed by atoms with Gasteiger partial charge in [0, 0.05) is 24.5 Å². The highest BCUT2D eigenvalue weighted by Crippen LogP contribution is 2.26. The van der Waals surface area contributed by atoms with Crippen LogP contribution in [0.4, 0.5) is 4.79 Å². The summed E-state index contributed by atoms with van der Waals surface area (Å²) >= 11 is 0. The number of urea groups is 1. The van der Waals surface area contributed by atoms with Gasteiger partial charge in [-0.2, -0.15) is 0 Å². The summed E-state index contributed by atoms with van der Waals surface area (Å²) in [5, 5.41) is 3.69. The third kappa shape index (κ3) is 4.42. The Morgan fingerprint density at radius 1 is 1.24 bits per heavy atom. The van der Waals surface area contributed by atoms with E-state index in [1.54, 1.807) is 6.92 Å². The maximum absolute atomic E-state index is 12.4. The number of carbonyl (C=O) groups excluding carboxylic acids is 3. The summed E-state index contributed by atoms with van der Waals surface area (Å²) in [6.07, 6.45) is 1.89. The number of fused-ring (bicyclic) bond motifs is 1. The minimum Gasteiger partial charge on any atom is -0.461 e. The highest BCUT2D eigenvalue weighted by molar-refractivity contribution is 6.03. The molecule has 3 amide bonds.